The molecule has 0 saturated carbocycles. The maximum absolute atomic E-state index is 12.0. The van der Waals surface area contributed by atoms with Crippen LogP contribution in [0.3, 0.4) is 0 Å². The summed E-state index contributed by atoms with van der Waals surface area (Å²) in [6, 6.07) is 0.536. The maximum Gasteiger partial charge on any atom is 0.267 e. The molecule has 2 saturated heterocycles. The van der Waals surface area contributed by atoms with Gasteiger partial charge < -0.3 is 4.90 Å². The molecule has 0 aromatic carbocycles. The van der Waals surface area contributed by atoms with E-state index in [1.807, 2.05) is 13.1 Å². The van der Waals surface area contributed by atoms with Crippen LogP contribution in [0.15, 0.2) is 11.1 Å². The first kappa shape index (κ1) is 12.9. The fraction of sp³-hybridized carbons (Fsp3) is 0.667. The monoisotopic (exact) mass is 270 g/mol. The highest BCUT2D eigenvalue weighted by Crippen LogP contribution is 2.32. The van der Waals surface area contributed by atoms with Crippen molar-refractivity contribution in [2.75, 3.05) is 13.1 Å². The van der Waals surface area contributed by atoms with E-state index in [0.29, 0.717) is 16.9 Å². The predicted molar refractivity (Wildman–Crippen MR) is 75.7 cm³/mol. The molecule has 0 aromatic rings. The normalized spacial score (nSPS) is 28.4. The molecular formula is C12H18N2OS2. The first-order valence-electron chi connectivity index (χ1n) is 6.14. The van der Waals surface area contributed by atoms with Gasteiger partial charge in [-0.1, -0.05) is 24.0 Å². The van der Waals surface area contributed by atoms with Crippen molar-refractivity contribution in [3.8, 4) is 0 Å². The summed E-state index contributed by atoms with van der Waals surface area (Å²) in [4.78, 5) is 16.8. The van der Waals surface area contributed by atoms with Crippen LogP contribution in [-0.4, -0.2) is 39.2 Å². The van der Waals surface area contributed by atoms with Crippen LogP contribution in [0.2, 0.25) is 0 Å². The zero-order valence-electron chi connectivity index (χ0n) is 10.3. The SMILES string of the molecule is CCN1C(=O)/C(=C/N2CCCCC2C)SC1=S. The van der Waals surface area contributed by atoms with E-state index >= 15 is 0 Å². The molecule has 5 heteroatoms. The van der Waals surface area contributed by atoms with E-state index in [9.17, 15) is 4.79 Å². The molecule has 0 aliphatic carbocycles. The predicted octanol–water partition coefficient (Wildman–Crippen LogP) is 2.58. The van der Waals surface area contributed by atoms with Crippen molar-refractivity contribution >= 4 is 34.2 Å². The number of amides is 1. The number of rotatable bonds is 2. The third-order valence-corrected chi connectivity index (χ3v) is 4.69. The second-order valence-electron chi connectivity index (χ2n) is 4.49. The van der Waals surface area contributed by atoms with Gasteiger partial charge in [0.2, 0.25) is 0 Å². The van der Waals surface area contributed by atoms with E-state index in [4.69, 9.17) is 12.2 Å². The summed E-state index contributed by atoms with van der Waals surface area (Å²) in [5.74, 6) is 0.0697. The molecule has 2 aliphatic rings. The zero-order chi connectivity index (χ0) is 12.4. The molecule has 17 heavy (non-hydrogen) atoms. The van der Waals surface area contributed by atoms with Gasteiger partial charge in [0.15, 0.2) is 0 Å². The van der Waals surface area contributed by atoms with Gasteiger partial charge in [0.05, 0.1) is 4.91 Å². The molecule has 3 nitrogen and oxygen atoms in total. The molecule has 2 rings (SSSR count). The quantitative estimate of drug-likeness (QED) is 0.568. The van der Waals surface area contributed by atoms with Gasteiger partial charge in [0.25, 0.3) is 5.91 Å². The lowest BCUT2D eigenvalue weighted by Gasteiger charge is -2.32. The lowest BCUT2D eigenvalue weighted by atomic mass is 10.0. The number of piperidine rings is 1. The van der Waals surface area contributed by atoms with Crippen molar-refractivity contribution in [2.45, 2.75) is 39.2 Å². The first-order valence-corrected chi connectivity index (χ1v) is 7.37. The standard InChI is InChI=1S/C12H18N2OS2/c1-3-14-11(15)10(17-12(14)16)8-13-7-5-4-6-9(13)2/h8-9H,3-7H2,1-2H3/b10-8-. The van der Waals surface area contributed by atoms with Crippen LogP contribution >= 0.6 is 24.0 Å². The highest BCUT2D eigenvalue weighted by molar-refractivity contribution is 8.26. The molecule has 0 radical (unpaired) electrons. The Morgan fingerprint density at radius 1 is 1.53 bits per heavy atom. The fourth-order valence-corrected chi connectivity index (χ4v) is 3.60. The van der Waals surface area contributed by atoms with Crippen LogP contribution in [0.5, 0.6) is 0 Å². The maximum atomic E-state index is 12.0. The molecule has 0 bridgehead atoms. The van der Waals surface area contributed by atoms with Crippen LogP contribution in [-0.2, 0) is 4.79 Å². The Morgan fingerprint density at radius 3 is 2.88 bits per heavy atom. The number of likely N-dealkylation sites (N-methyl/N-ethyl adjacent to an activating group) is 1. The van der Waals surface area contributed by atoms with E-state index in [0.717, 1.165) is 11.4 Å². The Labute approximate surface area is 112 Å². The second-order valence-corrected chi connectivity index (χ2v) is 6.17. The molecule has 2 aliphatic heterocycles. The number of thioether (sulfide) groups is 1. The van der Waals surface area contributed by atoms with Crippen molar-refractivity contribution in [3.05, 3.63) is 11.1 Å². The first-order chi connectivity index (χ1) is 8.13. The summed E-state index contributed by atoms with van der Waals surface area (Å²) in [6.45, 7) is 5.89. The fourth-order valence-electron chi connectivity index (χ4n) is 2.23. The Kier molecular flexibility index (Phi) is 4.09. The van der Waals surface area contributed by atoms with E-state index in [2.05, 4.69) is 11.8 Å². The average molecular weight is 270 g/mol. The van der Waals surface area contributed by atoms with Crippen LogP contribution in [0.25, 0.3) is 0 Å². The largest absolute Gasteiger partial charge is 0.374 e. The summed E-state index contributed by atoms with van der Waals surface area (Å²) < 4.78 is 0.688. The topological polar surface area (TPSA) is 23.6 Å². The Bertz CT molecular complexity index is 368. The third-order valence-electron chi connectivity index (χ3n) is 3.33. The van der Waals surface area contributed by atoms with Gasteiger partial charge in [-0.15, -0.1) is 0 Å². The number of nitrogens with zero attached hydrogens (tertiary/aromatic N) is 2. The van der Waals surface area contributed by atoms with Gasteiger partial charge in [-0.05, 0) is 33.1 Å². The van der Waals surface area contributed by atoms with Crippen LogP contribution in [0.1, 0.15) is 33.1 Å². The number of carbonyl (C=O) groups is 1. The minimum absolute atomic E-state index is 0.0697. The van der Waals surface area contributed by atoms with Gasteiger partial charge in [0, 0.05) is 25.3 Å². The van der Waals surface area contributed by atoms with Gasteiger partial charge in [0.1, 0.15) is 4.32 Å². The van der Waals surface area contributed by atoms with E-state index in [1.165, 1.54) is 31.0 Å². The molecule has 0 N–H and O–H groups in total. The molecule has 1 amide bonds. The molecule has 0 spiro atoms. The minimum Gasteiger partial charge on any atom is -0.374 e. The molecule has 2 fully saturated rings. The van der Waals surface area contributed by atoms with Crippen molar-refractivity contribution in [2.24, 2.45) is 0 Å². The van der Waals surface area contributed by atoms with Crippen LogP contribution in [0, 0.1) is 0 Å². The van der Waals surface area contributed by atoms with E-state index < -0.39 is 0 Å². The highest BCUT2D eigenvalue weighted by atomic mass is 32.2. The van der Waals surface area contributed by atoms with Crippen LogP contribution < -0.4 is 0 Å². The number of likely N-dealkylation sites (tertiary alicyclic amines) is 1. The van der Waals surface area contributed by atoms with E-state index in [1.54, 1.807) is 4.90 Å². The van der Waals surface area contributed by atoms with E-state index in [-0.39, 0.29) is 5.91 Å². The molecule has 94 valence electrons. The molecule has 2 heterocycles. The summed E-state index contributed by atoms with van der Waals surface area (Å²) in [5, 5.41) is 0. The van der Waals surface area contributed by atoms with Gasteiger partial charge in [-0.2, -0.15) is 0 Å². The Hall–Kier alpha value is -0.550. The second kappa shape index (κ2) is 5.40. The van der Waals surface area contributed by atoms with Crippen LogP contribution in [0.4, 0.5) is 0 Å². The number of hydrogen-bond donors (Lipinski definition) is 0. The zero-order valence-corrected chi connectivity index (χ0v) is 11.9. The summed E-state index contributed by atoms with van der Waals surface area (Å²) in [7, 11) is 0. The van der Waals surface area contributed by atoms with Crippen molar-refractivity contribution in [1.29, 1.82) is 0 Å². The van der Waals surface area contributed by atoms with Crippen molar-refractivity contribution in [3.63, 3.8) is 0 Å². The molecular weight excluding hydrogens is 252 g/mol. The minimum atomic E-state index is 0.0697. The lowest BCUT2D eigenvalue weighted by Crippen LogP contribution is -2.34. The van der Waals surface area contributed by atoms with Gasteiger partial charge in [-0.25, -0.2) is 0 Å². The molecule has 1 atom stereocenters. The van der Waals surface area contributed by atoms with Crippen molar-refractivity contribution < 1.29 is 4.79 Å². The van der Waals surface area contributed by atoms with Crippen molar-refractivity contribution in [1.82, 2.24) is 9.80 Å². The number of thiocarbonyl (C=S) groups is 1. The summed E-state index contributed by atoms with van der Waals surface area (Å²) in [6.07, 6.45) is 5.74. The third kappa shape index (κ3) is 2.65. The molecule has 1 unspecified atom stereocenters. The summed E-state index contributed by atoms with van der Waals surface area (Å²) >= 11 is 6.63. The smallest absolute Gasteiger partial charge is 0.267 e. The van der Waals surface area contributed by atoms with Gasteiger partial charge >= 0.3 is 0 Å². The Morgan fingerprint density at radius 2 is 2.29 bits per heavy atom. The van der Waals surface area contributed by atoms with Gasteiger partial charge in [-0.3, -0.25) is 9.69 Å². The summed E-state index contributed by atoms with van der Waals surface area (Å²) in [5.41, 5.74) is 0. The molecule has 0 aromatic heterocycles. The Balaban J connectivity index is 2.12. The number of carbonyl (C=O) groups excluding carboxylic acids is 1. The highest BCUT2D eigenvalue weighted by Gasteiger charge is 2.31. The number of hydrogen-bond acceptors (Lipinski definition) is 4. The average Bonchev–Trinajstić information content (AvgIpc) is 2.57. The lowest BCUT2D eigenvalue weighted by molar-refractivity contribution is -0.122.